The Labute approximate surface area is 94.0 Å². The van der Waals surface area contributed by atoms with Crippen molar-refractivity contribution in [2.75, 3.05) is 11.9 Å². The number of anilines is 1. The molecule has 5 heteroatoms. The van der Waals surface area contributed by atoms with Crippen LogP contribution >= 0.6 is 0 Å². The van der Waals surface area contributed by atoms with Crippen LogP contribution in [0.15, 0.2) is 6.20 Å². The van der Waals surface area contributed by atoms with Gasteiger partial charge in [0.15, 0.2) is 0 Å². The maximum Gasteiger partial charge on any atom is 0.234 e. The number of nitrogens with zero attached hydrogens (tertiary/aromatic N) is 3. The summed E-state index contributed by atoms with van der Waals surface area (Å²) in [6.45, 7) is 0.864. The zero-order chi connectivity index (χ0) is 11.4. The Hall–Kier alpha value is -1.96. The summed E-state index contributed by atoms with van der Waals surface area (Å²) in [7, 11) is 0. The number of rotatable bonds is 4. The molecule has 0 aromatic carbocycles. The molecule has 5 nitrogen and oxygen atoms in total. The smallest absolute Gasteiger partial charge is 0.234 e. The van der Waals surface area contributed by atoms with Crippen molar-refractivity contribution >= 4 is 12.0 Å². The lowest BCUT2D eigenvalue weighted by Gasteiger charge is -2.25. The number of nitriles is 1. The molecule has 0 unspecified atom stereocenters. The van der Waals surface area contributed by atoms with Crippen molar-refractivity contribution in [2.45, 2.75) is 19.3 Å². The molecule has 1 aromatic heterocycles. The molecule has 0 saturated heterocycles. The molecule has 1 aliphatic carbocycles. The van der Waals surface area contributed by atoms with Crippen molar-refractivity contribution in [2.24, 2.45) is 5.92 Å². The Kier molecular flexibility index (Phi) is 3.10. The molecule has 1 aliphatic rings. The van der Waals surface area contributed by atoms with Gasteiger partial charge in [-0.2, -0.15) is 5.26 Å². The first kappa shape index (κ1) is 10.6. The number of aromatic nitrogens is 2. The van der Waals surface area contributed by atoms with E-state index in [1.807, 2.05) is 6.07 Å². The lowest BCUT2D eigenvalue weighted by Crippen LogP contribution is -2.22. The quantitative estimate of drug-likeness (QED) is 0.746. The number of hydrogen-bond donors (Lipinski definition) is 2. The number of hydrogen-bond acceptors (Lipinski definition) is 5. The molecule has 1 aromatic rings. The van der Waals surface area contributed by atoms with E-state index in [1.54, 1.807) is 0 Å². The van der Waals surface area contributed by atoms with E-state index in [9.17, 15) is 0 Å². The van der Waals surface area contributed by atoms with Gasteiger partial charge in [0.25, 0.3) is 0 Å². The normalized spacial score (nSPS) is 14.9. The summed E-state index contributed by atoms with van der Waals surface area (Å²) < 4.78 is 0. The van der Waals surface area contributed by atoms with Gasteiger partial charge in [-0.15, -0.1) is 0 Å². The maximum atomic E-state index is 8.70. The Morgan fingerprint density at radius 2 is 2.44 bits per heavy atom. The second-order valence-electron chi connectivity index (χ2n) is 3.93. The molecular formula is C11H13N5. The lowest BCUT2D eigenvalue weighted by molar-refractivity contribution is 0.333. The summed E-state index contributed by atoms with van der Waals surface area (Å²) >= 11 is 0. The van der Waals surface area contributed by atoms with Gasteiger partial charge in [-0.25, -0.2) is 9.97 Å². The molecule has 1 heterocycles. The predicted octanol–water partition coefficient (Wildman–Crippen LogP) is 1.56. The highest BCUT2D eigenvalue weighted by atomic mass is 15.0. The van der Waals surface area contributed by atoms with Crippen molar-refractivity contribution < 1.29 is 0 Å². The molecule has 1 fully saturated rings. The standard InChI is InChI=1S/C11H13N5/c12-4-9-7-14-10(5-13)16-11(9)15-6-8-2-1-3-8/h4,7-8,12H,1-3,6H2,(H,14,15,16). The van der Waals surface area contributed by atoms with Crippen LogP contribution in [0.25, 0.3) is 0 Å². The fourth-order valence-corrected chi connectivity index (χ4v) is 1.63. The average Bonchev–Trinajstić information content (AvgIpc) is 2.26. The highest BCUT2D eigenvalue weighted by Gasteiger charge is 2.17. The van der Waals surface area contributed by atoms with Crippen molar-refractivity contribution in [3.8, 4) is 6.07 Å². The first-order chi connectivity index (χ1) is 7.83. The van der Waals surface area contributed by atoms with Crippen LogP contribution in [0.1, 0.15) is 30.7 Å². The van der Waals surface area contributed by atoms with Gasteiger partial charge in [0.1, 0.15) is 11.9 Å². The topological polar surface area (TPSA) is 85.5 Å². The number of nitrogens with one attached hydrogen (secondary N) is 2. The zero-order valence-corrected chi connectivity index (χ0v) is 8.90. The lowest BCUT2D eigenvalue weighted by atomic mass is 9.85. The van der Waals surface area contributed by atoms with Crippen LogP contribution in [0, 0.1) is 22.7 Å². The molecule has 0 spiro atoms. The van der Waals surface area contributed by atoms with Gasteiger partial charge in [0, 0.05) is 19.0 Å². The monoisotopic (exact) mass is 215 g/mol. The van der Waals surface area contributed by atoms with E-state index < -0.39 is 0 Å². The second-order valence-corrected chi connectivity index (χ2v) is 3.93. The molecule has 1 saturated carbocycles. The molecule has 2 N–H and O–H groups in total. The van der Waals surface area contributed by atoms with Gasteiger partial charge in [-0.05, 0) is 18.8 Å². The van der Waals surface area contributed by atoms with E-state index in [4.69, 9.17) is 10.7 Å². The Morgan fingerprint density at radius 1 is 1.62 bits per heavy atom. The van der Waals surface area contributed by atoms with Crippen molar-refractivity contribution in [3.05, 3.63) is 17.6 Å². The van der Waals surface area contributed by atoms with E-state index in [0.29, 0.717) is 17.3 Å². The Bertz CT molecular complexity index is 430. The van der Waals surface area contributed by atoms with Crippen molar-refractivity contribution in [1.82, 2.24) is 9.97 Å². The van der Waals surface area contributed by atoms with E-state index in [0.717, 1.165) is 6.54 Å². The maximum absolute atomic E-state index is 8.70. The van der Waals surface area contributed by atoms with Crippen LogP contribution in [-0.4, -0.2) is 22.7 Å². The SMILES string of the molecule is N#Cc1ncc(C=N)c(NCC2CCC2)n1. The third-order valence-corrected chi connectivity index (χ3v) is 2.86. The van der Waals surface area contributed by atoms with E-state index in [-0.39, 0.29) is 5.82 Å². The van der Waals surface area contributed by atoms with Gasteiger partial charge < -0.3 is 10.7 Å². The van der Waals surface area contributed by atoms with Crippen LogP contribution in [0.3, 0.4) is 0 Å². The van der Waals surface area contributed by atoms with Crippen molar-refractivity contribution in [3.63, 3.8) is 0 Å². The van der Waals surface area contributed by atoms with E-state index in [1.165, 1.54) is 31.7 Å². The molecular weight excluding hydrogens is 202 g/mol. The van der Waals surface area contributed by atoms with Crippen LogP contribution in [-0.2, 0) is 0 Å². The second kappa shape index (κ2) is 4.71. The summed E-state index contributed by atoms with van der Waals surface area (Å²) in [4.78, 5) is 7.88. The minimum atomic E-state index is 0.140. The zero-order valence-electron chi connectivity index (χ0n) is 8.90. The molecule has 2 rings (SSSR count). The minimum absolute atomic E-state index is 0.140. The largest absolute Gasteiger partial charge is 0.369 e. The first-order valence-electron chi connectivity index (χ1n) is 5.35. The third kappa shape index (κ3) is 2.16. The van der Waals surface area contributed by atoms with Crippen LogP contribution < -0.4 is 5.32 Å². The first-order valence-corrected chi connectivity index (χ1v) is 5.35. The summed E-state index contributed by atoms with van der Waals surface area (Å²) in [6.07, 6.45) is 6.51. The third-order valence-electron chi connectivity index (χ3n) is 2.86. The van der Waals surface area contributed by atoms with Crippen LogP contribution in [0.5, 0.6) is 0 Å². The summed E-state index contributed by atoms with van der Waals surface area (Å²) in [5.74, 6) is 1.44. The van der Waals surface area contributed by atoms with Gasteiger partial charge in [-0.3, -0.25) is 0 Å². The summed E-state index contributed by atoms with van der Waals surface area (Å²) in [5, 5.41) is 19.1. The molecule has 0 amide bonds. The fourth-order valence-electron chi connectivity index (χ4n) is 1.63. The van der Waals surface area contributed by atoms with E-state index in [2.05, 4.69) is 15.3 Å². The van der Waals surface area contributed by atoms with Gasteiger partial charge >= 0.3 is 0 Å². The molecule has 0 bridgehead atoms. The highest BCUT2D eigenvalue weighted by molar-refractivity contribution is 5.83. The molecule has 0 atom stereocenters. The van der Waals surface area contributed by atoms with Crippen molar-refractivity contribution in [1.29, 1.82) is 10.7 Å². The Balaban J connectivity index is 2.09. The molecule has 16 heavy (non-hydrogen) atoms. The minimum Gasteiger partial charge on any atom is -0.369 e. The van der Waals surface area contributed by atoms with Crippen LogP contribution in [0.4, 0.5) is 5.82 Å². The molecule has 82 valence electrons. The van der Waals surface area contributed by atoms with Gasteiger partial charge in [0.05, 0.1) is 5.56 Å². The van der Waals surface area contributed by atoms with Crippen LogP contribution in [0.2, 0.25) is 0 Å². The fraction of sp³-hybridized carbons (Fsp3) is 0.455. The van der Waals surface area contributed by atoms with E-state index >= 15 is 0 Å². The summed E-state index contributed by atoms with van der Waals surface area (Å²) in [5.41, 5.74) is 0.623. The Morgan fingerprint density at radius 3 is 3.00 bits per heavy atom. The molecule has 0 radical (unpaired) electrons. The van der Waals surface area contributed by atoms with Gasteiger partial charge in [0.2, 0.25) is 5.82 Å². The highest BCUT2D eigenvalue weighted by Crippen LogP contribution is 2.26. The predicted molar refractivity (Wildman–Crippen MR) is 60.5 cm³/mol. The average molecular weight is 215 g/mol. The van der Waals surface area contributed by atoms with Gasteiger partial charge in [-0.1, -0.05) is 6.42 Å². The molecule has 0 aliphatic heterocycles. The summed E-state index contributed by atoms with van der Waals surface area (Å²) in [6, 6.07) is 1.90.